The van der Waals surface area contributed by atoms with Crippen LogP contribution < -0.4 is 0 Å². The summed E-state index contributed by atoms with van der Waals surface area (Å²) < 4.78 is 4.87. The zero-order chi connectivity index (χ0) is 11.6. The van der Waals surface area contributed by atoms with E-state index in [9.17, 15) is 20.1 Å². The van der Waals surface area contributed by atoms with Crippen LogP contribution in [0.4, 0.5) is 0 Å². The van der Waals surface area contributed by atoms with Gasteiger partial charge in [-0.3, -0.25) is 4.79 Å². The van der Waals surface area contributed by atoms with Gasteiger partial charge in [0.05, 0.1) is 13.0 Å². The lowest BCUT2D eigenvalue weighted by molar-refractivity contribution is -0.194. The van der Waals surface area contributed by atoms with Gasteiger partial charge in [0.1, 0.15) is 30.5 Å². The molecule has 7 heteroatoms. The number of carbonyl (C=O) groups is 1. The minimum absolute atomic E-state index is 0.264. The molecule has 7 nitrogen and oxygen atoms in total. The van der Waals surface area contributed by atoms with Crippen LogP contribution in [-0.4, -0.2) is 62.5 Å². The Hall–Kier alpha value is -0.730. The van der Waals surface area contributed by atoms with Gasteiger partial charge in [0.15, 0.2) is 0 Å². The molecule has 1 aliphatic rings. The number of carboxylic acid groups (broad SMARTS) is 1. The molecule has 1 aliphatic heterocycles. The van der Waals surface area contributed by atoms with Crippen molar-refractivity contribution >= 4 is 5.97 Å². The van der Waals surface area contributed by atoms with Crippen molar-refractivity contribution in [3.8, 4) is 0 Å². The highest BCUT2D eigenvalue weighted by molar-refractivity contribution is 5.69. The summed E-state index contributed by atoms with van der Waals surface area (Å²) in [7, 11) is 0. The second-order valence-electron chi connectivity index (χ2n) is 3.30. The van der Waals surface area contributed by atoms with Gasteiger partial charge in [-0.25, -0.2) is 0 Å². The van der Waals surface area contributed by atoms with E-state index in [1.54, 1.807) is 0 Å². The molecule has 0 bridgehead atoms. The highest BCUT2D eigenvalue weighted by atomic mass is 16.5. The number of hydrogen-bond donors (Lipinski definition) is 5. The lowest BCUT2D eigenvalue weighted by Gasteiger charge is -2.38. The number of aliphatic hydroxyl groups excluding tert-OH is 4. The van der Waals surface area contributed by atoms with Crippen LogP contribution in [0.1, 0.15) is 6.42 Å². The van der Waals surface area contributed by atoms with Gasteiger partial charge in [0, 0.05) is 0 Å². The molecule has 1 heterocycles. The summed E-state index contributed by atoms with van der Waals surface area (Å²) in [5.74, 6) is -1.23. The van der Waals surface area contributed by atoms with Crippen LogP contribution in [0.25, 0.3) is 0 Å². The molecule has 1 saturated heterocycles. The van der Waals surface area contributed by atoms with E-state index in [1.807, 2.05) is 0 Å². The molecule has 4 atom stereocenters. The molecule has 0 saturated carbocycles. The van der Waals surface area contributed by atoms with Crippen LogP contribution >= 0.6 is 0 Å². The van der Waals surface area contributed by atoms with Crippen molar-refractivity contribution in [3.05, 3.63) is 6.10 Å². The summed E-state index contributed by atoms with van der Waals surface area (Å²) in [6.45, 7) is -0.575. The van der Waals surface area contributed by atoms with Crippen LogP contribution in [0, 0.1) is 6.10 Å². The Balaban J connectivity index is 2.69. The maximum absolute atomic E-state index is 10.4. The van der Waals surface area contributed by atoms with E-state index in [1.165, 1.54) is 0 Å². The third-order valence-electron chi connectivity index (χ3n) is 2.19. The summed E-state index contributed by atoms with van der Waals surface area (Å²) >= 11 is 0. The van der Waals surface area contributed by atoms with Gasteiger partial charge < -0.3 is 30.3 Å². The smallest absolute Gasteiger partial charge is 0.306 e. The molecular weight excluding hydrogens is 208 g/mol. The first kappa shape index (κ1) is 12.3. The molecule has 15 heavy (non-hydrogen) atoms. The van der Waals surface area contributed by atoms with Gasteiger partial charge in [-0.2, -0.15) is 0 Å². The highest BCUT2D eigenvalue weighted by Crippen LogP contribution is 2.28. The van der Waals surface area contributed by atoms with Gasteiger partial charge in [0.2, 0.25) is 0 Å². The largest absolute Gasteiger partial charge is 0.481 e. The third-order valence-corrected chi connectivity index (χ3v) is 2.19. The molecule has 87 valence electrons. The van der Waals surface area contributed by atoms with Gasteiger partial charge in [-0.1, -0.05) is 0 Å². The zero-order valence-corrected chi connectivity index (χ0v) is 7.78. The standard InChI is InChI=1S/C8H13O7/c9-2-4-7(13)8(14)6(12)3(15-4)1-5(10)11/h4,6-9,12-14H,1-2H2,(H,10,11)/t4-,6+,7+,8-/m1/s1. The normalized spacial score (nSPS) is 37.9. The first-order valence-electron chi connectivity index (χ1n) is 4.36. The van der Waals surface area contributed by atoms with Gasteiger partial charge in [-0.05, 0) is 0 Å². The molecule has 1 rings (SSSR count). The van der Waals surface area contributed by atoms with E-state index >= 15 is 0 Å². The number of hydrogen-bond acceptors (Lipinski definition) is 6. The van der Waals surface area contributed by atoms with Crippen LogP contribution in [0.2, 0.25) is 0 Å². The quantitative estimate of drug-likeness (QED) is 0.355. The monoisotopic (exact) mass is 221 g/mol. The number of carboxylic acids is 1. The molecule has 1 radical (unpaired) electrons. The third kappa shape index (κ3) is 2.64. The SMILES string of the molecule is O=C(O)C[C]1O[C@H](CO)[C@H](O)[C@H](O)[C@H]1O. The predicted molar refractivity (Wildman–Crippen MR) is 45.5 cm³/mol. The van der Waals surface area contributed by atoms with E-state index in [2.05, 4.69) is 0 Å². The summed E-state index contributed by atoms with van der Waals surface area (Å²) in [4.78, 5) is 10.4. The fourth-order valence-corrected chi connectivity index (χ4v) is 1.37. The summed E-state index contributed by atoms with van der Waals surface area (Å²) in [5.41, 5.74) is 0. The lowest BCUT2D eigenvalue weighted by atomic mass is 9.94. The summed E-state index contributed by atoms with van der Waals surface area (Å²) in [5, 5.41) is 45.2. The minimum Gasteiger partial charge on any atom is -0.481 e. The Labute approximate surface area is 85.5 Å². The Bertz CT molecular complexity index is 229. The zero-order valence-electron chi connectivity index (χ0n) is 7.78. The molecular formula is C8H13O7. The topological polar surface area (TPSA) is 127 Å². The van der Waals surface area contributed by atoms with Gasteiger partial charge in [-0.15, -0.1) is 0 Å². The molecule has 0 amide bonds. The van der Waals surface area contributed by atoms with Crippen molar-refractivity contribution in [3.63, 3.8) is 0 Å². The molecule has 0 aromatic carbocycles. The Morgan fingerprint density at radius 2 is 1.87 bits per heavy atom. The Morgan fingerprint density at radius 1 is 1.27 bits per heavy atom. The summed E-state index contributed by atoms with van der Waals surface area (Å²) in [6.07, 6.45) is -6.51. The van der Waals surface area contributed by atoms with Crippen molar-refractivity contribution in [1.82, 2.24) is 0 Å². The van der Waals surface area contributed by atoms with Crippen LogP contribution in [0.3, 0.4) is 0 Å². The van der Waals surface area contributed by atoms with Gasteiger partial charge >= 0.3 is 5.97 Å². The van der Waals surface area contributed by atoms with E-state index in [0.717, 1.165) is 0 Å². The van der Waals surface area contributed by atoms with Crippen molar-refractivity contribution in [2.24, 2.45) is 0 Å². The molecule has 0 aromatic rings. The van der Waals surface area contributed by atoms with E-state index in [4.69, 9.17) is 14.9 Å². The van der Waals surface area contributed by atoms with Gasteiger partial charge in [0.25, 0.3) is 0 Å². The second-order valence-corrected chi connectivity index (χ2v) is 3.30. The Morgan fingerprint density at radius 3 is 2.33 bits per heavy atom. The summed E-state index contributed by atoms with van der Waals surface area (Å²) in [6, 6.07) is 0. The van der Waals surface area contributed by atoms with Crippen molar-refractivity contribution in [2.45, 2.75) is 30.8 Å². The van der Waals surface area contributed by atoms with E-state index in [0.29, 0.717) is 0 Å². The average Bonchev–Trinajstić information content (AvgIpc) is 2.18. The molecule has 0 aromatic heterocycles. The molecule has 5 N–H and O–H groups in total. The van der Waals surface area contributed by atoms with Crippen molar-refractivity contribution in [2.75, 3.05) is 6.61 Å². The van der Waals surface area contributed by atoms with Crippen LogP contribution in [0.15, 0.2) is 0 Å². The van der Waals surface area contributed by atoms with Crippen LogP contribution in [0.5, 0.6) is 0 Å². The highest BCUT2D eigenvalue weighted by Gasteiger charge is 2.44. The first-order chi connectivity index (χ1) is 6.97. The average molecular weight is 221 g/mol. The second kappa shape index (κ2) is 4.86. The predicted octanol–water partition coefficient (Wildman–Crippen LogP) is -2.53. The number of ether oxygens (including phenoxy) is 1. The minimum atomic E-state index is -1.56. The fourth-order valence-electron chi connectivity index (χ4n) is 1.37. The van der Waals surface area contributed by atoms with E-state index in [-0.39, 0.29) is 6.10 Å². The molecule has 0 spiro atoms. The fraction of sp³-hybridized carbons (Fsp3) is 0.750. The molecule has 0 unspecified atom stereocenters. The van der Waals surface area contributed by atoms with Crippen molar-refractivity contribution < 1.29 is 35.1 Å². The molecule has 0 aliphatic carbocycles. The number of rotatable bonds is 3. The maximum atomic E-state index is 10.4. The van der Waals surface area contributed by atoms with Crippen molar-refractivity contribution in [1.29, 1.82) is 0 Å². The number of aliphatic carboxylic acids is 1. The molecule has 1 fully saturated rings. The van der Waals surface area contributed by atoms with E-state index < -0.39 is 43.4 Å². The number of aliphatic hydroxyl groups is 4. The van der Waals surface area contributed by atoms with Crippen LogP contribution in [-0.2, 0) is 9.53 Å². The lowest BCUT2D eigenvalue weighted by Crippen LogP contribution is -2.55. The Kier molecular flexibility index (Phi) is 4.00. The maximum Gasteiger partial charge on any atom is 0.306 e. The first-order valence-corrected chi connectivity index (χ1v) is 4.36.